The summed E-state index contributed by atoms with van der Waals surface area (Å²) in [5, 5.41) is 7.58. The smallest absolute Gasteiger partial charge is 0.239 e. The second-order valence-corrected chi connectivity index (χ2v) is 5.24. The molecule has 0 aromatic carbocycles. The number of amides is 1. The van der Waals surface area contributed by atoms with E-state index in [9.17, 15) is 4.79 Å². The van der Waals surface area contributed by atoms with Gasteiger partial charge in [-0.2, -0.15) is 5.10 Å². The first-order valence-electron chi connectivity index (χ1n) is 7.27. The number of fused-ring (bicyclic) bond motifs is 1. The number of hydrogen-bond acceptors (Lipinski definition) is 4. The average Bonchev–Trinajstić information content (AvgIpc) is 2.96. The zero-order valence-corrected chi connectivity index (χ0v) is 12.2. The van der Waals surface area contributed by atoms with Crippen LogP contribution in [0.3, 0.4) is 0 Å². The van der Waals surface area contributed by atoms with Gasteiger partial charge in [-0.25, -0.2) is 4.52 Å². The third-order valence-electron chi connectivity index (χ3n) is 3.80. The van der Waals surface area contributed by atoms with Crippen LogP contribution in [0.5, 0.6) is 0 Å². The van der Waals surface area contributed by atoms with Gasteiger partial charge in [0.1, 0.15) is 0 Å². The van der Waals surface area contributed by atoms with E-state index < -0.39 is 0 Å². The van der Waals surface area contributed by atoms with Crippen LogP contribution in [-0.4, -0.2) is 52.8 Å². The molecular weight excluding hydrogens is 268 g/mol. The monoisotopic (exact) mass is 288 g/mol. The molecule has 0 aliphatic carbocycles. The summed E-state index contributed by atoms with van der Waals surface area (Å²) in [6.07, 6.45) is 3.76. The lowest BCUT2D eigenvalue weighted by Crippen LogP contribution is -2.49. The molecular formula is C15H20N4O2. The van der Waals surface area contributed by atoms with Crippen molar-refractivity contribution in [2.45, 2.75) is 19.5 Å². The van der Waals surface area contributed by atoms with Gasteiger partial charge in [0.2, 0.25) is 5.91 Å². The summed E-state index contributed by atoms with van der Waals surface area (Å²) < 4.78 is 7.11. The maximum atomic E-state index is 12.3. The largest absolute Gasteiger partial charge is 0.378 e. The molecule has 2 aromatic rings. The minimum Gasteiger partial charge on any atom is -0.378 e. The van der Waals surface area contributed by atoms with E-state index >= 15 is 0 Å². The number of carbonyl (C=O) groups excluding carboxylic acids is 1. The van der Waals surface area contributed by atoms with E-state index in [2.05, 4.69) is 10.4 Å². The Hall–Kier alpha value is -1.92. The minimum atomic E-state index is -0.207. The molecule has 1 fully saturated rings. The Morgan fingerprint density at radius 3 is 3.05 bits per heavy atom. The van der Waals surface area contributed by atoms with Crippen LogP contribution in [0.4, 0.5) is 0 Å². The van der Waals surface area contributed by atoms with E-state index in [1.165, 1.54) is 0 Å². The summed E-state index contributed by atoms with van der Waals surface area (Å²) in [6, 6.07) is 5.75. The van der Waals surface area contributed by atoms with Crippen molar-refractivity contribution < 1.29 is 9.53 Å². The molecule has 1 atom stereocenters. The highest BCUT2D eigenvalue weighted by molar-refractivity contribution is 5.81. The van der Waals surface area contributed by atoms with Gasteiger partial charge in [0.25, 0.3) is 0 Å². The Balaban J connectivity index is 1.60. The van der Waals surface area contributed by atoms with Crippen LogP contribution in [0.15, 0.2) is 30.6 Å². The fourth-order valence-electron chi connectivity index (χ4n) is 2.53. The van der Waals surface area contributed by atoms with E-state index in [-0.39, 0.29) is 11.9 Å². The van der Waals surface area contributed by atoms with Crippen LogP contribution in [0, 0.1) is 0 Å². The lowest BCUT2D eigenvalue weighted by atomic mass is 10.2. The molecule has 1 N–H and O–H groups in total. The van der Waals surface area contributed by atoms with Crippen molar-refractivity contribution in [3.8, 4) is 0 Å². The first-order valence-corrected chi connectivity index (χ1v) is 7.27. The summed E-state index contributed by atoms with van der Waals surface area (Å²) in [5.74, 6) is 0.134. The van der Waals surface area contributed by atoms with E-state index in [0.717, 1.165) is 11.1 Å². The van der Waals surface area contributed by atoms with E-state index in [4.69, 9.17) is 4.74 Å². The van der Waals surface area contributed by atoms with Crippen LogP contribution in [0.2, 0.25) is 0 Å². The fraction of sp³-hybridized carbons (Fsp3) is 0.467. The molecule has 1 aliphatic rings. The van der Waals surface area contributed by atoms with Gasteiger partial charge in [-0.15, -0.1) is 0 Å². The summed E-state index contributed by atoms with van der Waals surface area (Å²) in [7, 11) is 0. The molecule has 1 amide bonds. The molecule has 1 saturated heterocycles. The van der Waals surface area contributed by atoms with Gasteiger partial charge < -0.3 is 15.0 Å². The maximum Gasteiger partial charge on any atom is 0.239 e. The van der Waals surface area contributed by atoms with E-state index in [0.29, 0.717) is 32.8 Å². The SMILES string of the molecule is CC(NCc1cnn2ccccc12)C(=O)N1CCOCC1. The molecule has 3 heterocycles. The molecule has 1 aliphatic heterocycles. The zero-order chi connectivity index (χ0) is 14.7. The number of nitrogens with zero attached hydrogens (tertiary/aromatic N) is 3. The van der Waals surface area contributed by atoms with Crippen molar-refractivity contribution in [1.29, 1.82) is 0 Å². The van der Waals surface area contributed by atoms with Gasteiger partial charge in [0.15, 0.2) is 0 Å². The number of rotatable bonds is 4. The summed E-state index contributed by atoms with van der Waals surface area (Å²) >= 11 is 0. The summed E-state index contributed by atoms with van der Waals surface area (Å²) in [5.41, 5.74) is 2.16. The average molecular weight is 288 g/mol. The second kappa shape index (κ2) is 6.24. The molecule has 1 unspecified atom stereocenters. The van der Waals surface area contributed by atoms with Crippen LogP contribution < -0.4 is 5.32 Å². The summed E-state index contributed by atoms with van der Waals surface area (Å²) in [4.78, 5) is 14.2. The molecule has 2 aromatic heterocycles. The van der Waals surface area contributed by atoms with Gasteiger partial charge in [0, 0.05) is 31.4 Å². The Bertz CT molecular complexity index is 619. The standard InChI is InChI=1S/C15H20N4O2/c1-12(15(20)18-6-8-21-9-7-18)16-10-13-11-17-19-5-3-2-4-14(13)19/h2-5,11-12,16H,6-10H2,1H3. The summed E-state index contributed by atoms with van der Waals surface area (Å²) in [6.45, 7) is 5.16. The van der Waals surface area contributed by atoms with Gasteiger partial charge in [0.05, 0.1) is 31.0 Å². The Morgan fingerprint density at radius 2 is 2.24 bits per heavy atom. The Kier molecular flexibility index (Phi) is 4.17. The number of carbonyl (C=O) groups is 1. The molecule has 112 valence electrons. The Morgan fingerprint density at radius 1 is 1.43 bits per heavy atom. The van der Waals surface area contributed by atoms with Gasteiger partial charge >= 0.3 is 0 Å². The lowest BCUT2D eigenvalue weighted by Gasteiger charge is -2.29. The van der Waals surface area contributed by atoms with Crippen molar-refractivity contribution in [1.82, 2.24) is 19.8 Å². The molecule has 0 saturated carbocycles. The zero-order valence-electron chi connectivity index (χ0n) is 12.2. The van der Waals surface area contributed by atoms with Crippen molar-refractivity contribution in [3.05, 3.63) is 36.2 Å². The maximum absolute atomic E-state index is 12.3. The van der Waals surface area contributed by atoms with Crippen molar-refractivity contribution in [3.63, 3.8) is 0 Å². The third kappa shape index (κ3) is 3.06. The van der Waals surface area contributed by atoms with Crippen molar-refractivity contribution >= 4 is 11.4 Å². The highest BCUT2D eigenvalue weighted by atomic mass is 16.5. The van der Waals surface area contributed by atoms with Crippen LogP contribution in [-0.2, 0) is 16.1 Å². The van der Waals surface area contributed by atoms with Gasteiger partial charge in [-0.1, -0.05) is 6.07 Å². The number of ether oxygens (including phenoxy) is 1. The fourth-order valence-corrected chi connectivity index (χ4v) is 2.53. The predicted molar refractivity (Wildman–Crippen MR) is 78.9 cm³/mol. The number of nitrogens with one attached hydrogen (secondary N) is 1. The van der Waals surface area contributed by atoms with Gasteiger partial charge in [-0.3, -0.25) is 4.79 Å². The molecule has 21 heavy (non-hydrogen) atoms. The molecule has 6 nitrogen and oxygen atoms in total. The first kappa shape index (κ1) is 14.0. The minimum absolute atomic E-state index is 0.134. The molecule has 0 bridgehead atoms. The lowest BCUT2D eigenvalue weighted by molar-refractivity contribution is -0.137. The molecule has 6 heteroatoms. The number of pyridine rings is 1. The Labute approximate surface area is 123 Å². The van der Waals surface area contributed by atoms with Crippen molar-refractivity contribution in [2.24, 2.45) is 0 Å². The molecule has 0 spiro atoms. The van der Waals surface area contributed by atoms with Crippen molar-refractivity contribution in [2.75, 3.05) is 26.3 Å². The second-order valence-electron chi connectivity index (χ2n) is 5.24. The predicted octanol–water partition coefficient (Wildman–Crippen LogP) is 0.671. The first-order chi connectivity index (χ1) is 10.3. The highest BCUT2D eigenvalue weighted by Crippen LogP contribution is 2.10. The highest BCUT2D eigenvalue weighted by Gasteiger charge is 2.22. The number of aromatic nitrogens is 2. The molecule has 3 rings (SSSR count). The van der Waals surface area contributed by atoms with Crippen LogP contribution in [0.1, 0.15) is 12.5 Å². The van der Waals surface area contributed by atoms with E-state index in [1.54, 1.807) is 0 Å². The van der Waals surface area contributed by atoms with Crippen LogP contribution >= 0.6 is 0 Å². The van der Waals surface area contributed by atoms with Crippen LogP contribution in [0.25, 0.3) is 5.52 Å². The quantitative estimate of drug-likeness (QED) is 0.898. The third-order valence-corrected chi connectivity index (χ3v) is 3.80. The number of hydrogen-bond donors (Lipinski definition) is 1. The normalized spacial score (nSPS) is 17.1. The van der Waals surface area contributed by atoms with E-state index in [1.807, 2.05) is 46.9 Å². The topological polar surface area (TPSA) is 58.9 Å². The van der Waals surface area contributed by atoms with Gasteiger partial charge in [-0.05, 0) is 19.1 Å². The number of morpholine rings is 1. The molecule has 0 radical (unpaired) electrons.